The number of hydrogen-bond acceptors (Lipinski definition) is 3. The van der Waals surface area contributed by atoms with Gasteiger partial charge in [-0.25, -0.2) is 4.39 Å². The van der Waals surface area contributed by atoms with Crippen molar-refractivity contribution >= 4 is 24.2 Å². The van der Waals surface area contributed by atoms with Gasteiger partial charge in [0.2, 0.25) is 5.91 Å². The van der Waals surface area contributed by atoms with Crippen LogP contribution in [0.1, 0.15) is 24.8 Å². The molecule has 2 rings (SSSR count). The number of carbonyl (C=O) groups excluding carboxylic acids is 2. The van der Waals surface area contributed by atoms with Crippen molar-refractivity contribution in [1.29, 1.82) is 0 Å². The van der Waals surface area contributed by atoms with Crippen LogP contribution in [-0.4, -0.2) is 48.1 Å². The number of amides is 2. The largest absolute Gasteiger partial charge is 0.471 e. The first kappa shape index (κ1) is 22.2. The Bertz CT molecular complexity index is 637. The molecule has 1 saturated heterocycles. The summed E-state index contributed by atoms with van der Waals surface area (Å²) in [4.78, 5) is 24.7. The molecule has 3 atom stereocenters. The van der Waals surface area contributed by atoms with E-state index in [9.17, 15) is 27.2 Å². The third-order valence-corrected chi connectivity index (χ3v) is 4.19. The monoisotopic (exact) mass is 397 g/mol. The van der Waals surface area contributed by atoms with Crippen LogP contribution in [0, 0.1) is 5.82 Å². The Morgan fingerprint density at radius 3 is 2.35 bits per heavy atom. The lowest BCUT2D eigenvalue weighted by atomic mass is 9.85. The molecule has 0 spiro atoms. The fraction of sp³-hybridized carbons (Fsp3) is 0.500. The molecule has 3 N–H and O–H groups in total. The summed E-state index contributed by atoms with van der Waals surface area (Å²) in [6, 6.07) is 3.61. The summed E-state index contributed by atoms with van der Waals surface area (Å²) in [5, 5.41) is 1.95. The Labute approximate surface area is 154 Å². The van der Waals surface area contributed by atoms with Crippen molar-refractivity contribution in [2.45, 2.75) is 37.5 Å². The second-order valence-corrected chi connectivity index (χ2v) is 6.10. The highest BCUT2D eigenvalue weighted by Crippen LogP contribution is 2.30. The zero-order valence-electron chi connectivity index (χ0n) is 13.9. The molecule has 1 aliphatic rings. The number of alkyl halides is 3. The number of piperidine rings is 1. The maximum absolute atomic E-state index is 13.1. The summed E-state index contributed by atoms with van der Waals surface area (Å²) < 4.78 is 50.9. The predicted molar refractivity (Wildman–Crippen MR) is 89.2 cm³/mol. The summed E-state index contributed by atoms with van der Waals surface area (Å²) >= 11 is 0. The zero-order chi connectivity index (χ0) is 18.8. The lowest BCUT2D eigenvalue weighted by molar-refractivity contribution is -0.175. The van der Waals surface area contributed by atoms with Gasteiger partial charge in [0, 0.05) is 19.0 Å². The average Bonchev–Trinajstić information content (AvgIpc) is 2.54. The van der Waals surface area contributed by atoms with Crippen LogP contribution in [0.15, 0.2) is 24.3 Å². The number of carbonyl (C=O) groups is 2. The van der Waals surface area contributed by atoms with Crippen LogP contribution in [-0.2, 0) is 9.59 Å². The van der Waals surface area contributed by atoms with Gasteiger partial charge in [-0.1, -0.05) is 12.1 Å². The van der Waals surface area contributed by atoms with Crippen molar-refractivity contribution in [2.75, 3.05) is 13.1 Å². The Balaban J connectivity index is 0.00000338. The standard InChI is InChI=1S/C16H19F4N3O2.ClH/c1-9(21)14(24)23-7-6-12(10-2-4-11(17)5-3-10)13(8-23)22-15(25)16(18,19)20;/h2-5,9,12-13H,6-8,21H2,1H3,(H,22,25);1H/t9-,12?,13?;/m1./s1. The first-order valence-electron chi connectivity index (χ1n) is 7.77. The van der Waals surface area contributed by atoms with Crippen LogP contribution in [0.2, 0.25) is 0 Å². The maximum atomic E-state index is 13.1. The van der Waals surface area contributed by atoms with Crippen molar-refractivity contribution in [1.82, 2.24) is 10.2 Å². The first-order chi connectivity index (χ1) is 11.6. The summed E-state index contributed by atoms with van der Waals surface area (Å²) in [5.74, 6) is -3.41. The van der Waals surface area contributed by atoms with E-state index in [1.165, 1.54) is 36.1 Å². The van der Waals surface area contributed by atoms with Crippen LogP contribution < -0.4 is 11.1 Å². The topological polar surface area (TPSA) is 75.4 Å². The highest BCUT2D eigenvalue weighted by Gasteiger charge is 2.42. The number of rotatable bonds is 3. The normalized spacial score (nSPS) is 21.5. The van der Waals surface area contributed by atoms with Gasteiger partial charge < -0.3 is 16.0 Å². The van der Waals surface area contributed by atoms with Crippen molar-refractivity contribution < 1.29 is 27.2 Å². The molecule has 5 nitrogen and oxygen atoms in total. The summed E-state index contributed by atoms with van der Waals surface area (Å²) in [6.07, 6.45) is -4.70. The Morgan fingerprint density at radius 1 is 1.27 bits per heavy atom. The third kappa shape index (κ3) is 5.31. The van der Waals surface area contributed by atoms with Crippen LogP contribution in [0.4, 0.5) is 17.6 Å². The Hall–Kier alpha value is -1.87. The Kier molecular flexibility index (Phi) is 7.40. The molecular formula is C16H20ClF4N3O2. The van der Waals surface area contributed by atoms with Gasteiger partial charge in [-0.15, -0.1) is 12.4 Å². The molecular weight excluding hydrogens is 378 g/mol. The molecule has 0 aromatic heterocycles. The van der Waals surface area contributed by atoms with Crippen LogP contribution in [0.3, 0.4) is 0 Å². The van der Waals surface area contributed by atoms with E-state index in [1.807, 2.05) is 5.32 Å². The van der Waals surface area contributed by atoms with E-state index in [4.69, 9.17) is 5.73 Å². The molecule has 1 heterocycles. The molecule has 1 aliphatic heterocycles. The molecule has 1 aromatic rings. The summed E-state index contributed by atoms with van der Waals surface area (Å²) in [6.45, 7) is 1.68. The van der Waals surface area contributed by atoms with Gasteiger partial charge in [0.25, 0.3) is 0 Å². The third-order valence-electron chi connectivity index (χ3n) is 4.19. The van der Waals surface area contributed by atoms with E-state index < -0.39 is 41.8 Å². The fourth-order valence-electron chi connectivity index (χ4n) is 2.95. The predicted octanol–water partition coefficient (Wildman–Crippen LogP) is 1.96. The second kappa shape index (κ2) is 8.68. The molecule has 10 heteroatoms. The molecule has 0 saturated carbocycles. The minimum absolute atomic E-state index is 0. The number of nitrogens with one attached hydrogen (secondary N) is 1. The zero-order valence-corrected chi connectivity index (χ0v) is 14.7. The summed E-state index contributed by atoms with van der Waals surface area (Å²) in [7, 11) is 0. The lowest BCUT2D eigenvalue weighted by Crippen LogP contribution is -2.57. The van der Waals surface area contributed by atoms with E-state index in [-0.39, 0.29) is 19.0 Å². The second-order valence-electron chi connectivity index (χ2n) is 6.10. The van der Waals surface area contributed by atoms with E-state index >= 15 is 0 Å². The summed E-state index contributed by atoms with van der Waals surface area (Å²) in [5.41, 5.74) is 6.14. The SMILES string of the molecule is C[C@@H](N)C(=O)N1CCC(c2ccc(F)cc2)C(NC(=O)C(F)(F)F)C1.Cl. The maximum Gasteiger partial charge on any atom is 0.471 e. The number of nitrogens with zero attached hydrogens (tertiary/aromatic N) is 1. The van der Waals surface area contributed by atoms with Gasteiger partial charge in [-0.2, -0.15) is 13.2 Å². The van der Waals surface area contributed by atoms with Gasteiger partial charge >= 0.3 is 12.1 Å². The number of nitrogens with two attached hydrogens (primary N) is 1. The van der Waals surface area contributed by atoms with Crippen molar-refractivity contribution in [3.05, 3.63) is 35.6 Å². The molecule has 1 fully saturated rings. The van der Waals surface area contributed by atoms with Crippen LogP contribution in [0.5, 0.6) is 0 Å². The Morgan fingerprint density at radius 2 is 1.85 bits per heavy atom. The van der Waals surface area contributed by atoms with Gasteiger partial charge in [-0.3, -0.25) is 9.59 Å². The molecule has 1 aromatic carbocycles. The van der Waals surface area contributed by atoms with E-state index in [0.29, 0.717) is 18.5 Å². The highest BCUT2D eigenvalue weighted by molar-refractivity contribution is 5.85. The van der Waals surface area contributed by atoms with Gasteiger partial charge in [-0.05, 0) is 31.0 Å². The lowest BCUT2D eigenvalue weighted by Gasteiger charge is -2.40. The number of benzene rings is 1. The van der Waals surface area contributed by atoms with Gasteiger partial charge in [0.05, 0.1) is 12.1 Å². The minimum Gasteiger partial charge on any atom is -0.343 e. The smallest absolute Gasteiger partial charge is 0.343 e. The molecule has 0 bridgehead atoms. The molecule has 26 heavy (non-hydrogen) atoms. The minimum atomic E-state index is -5.03. The first-order valence-corrected chi connectivity index (χ1v) is 7.77. The highest BCUT2D eigenvalue weighted by atomic mass is 35.5. The van der Waals surface area contributed by atoms with Crippen molar-refractivity contribution in [3.63, 3.8) is 0 Å². The van der Waals surface area contributed by atoms with E-state index in [2.05, 4.69) is 0 Å². The van der Waals surface area contributed by atoms with E-state index in [1.54, 1.807) is 0 Å². The number of hydrogen-bond donors (Lipinski definition) is 2. The van der Waals surface area contributed by atoms with Crippen molar-refractivity contribution in [2.24, 2.45) is 5.73 Å². The van der Waals surface area contributed by atoms with E-state index in [0.717, 1.165) is 0 Å². The molecule has 2 amide bonds. The molecule has 2 unspecified atom stereocenters. The van der Waals surface area contributed by atoms with Crippen LogP contribution in [0.25, 0.3) is 0 Å². The molecule has 0 radical (unpaired) electrons. The van der Waals surface area contributed by atoms with Crippen molar-refractivity contribution in [3.8, 4) is 0 Å². The number of likely N-dealkylation sites (tertiary alicyclic amines) is 1. The molecule has 0 aliphatic carbocycles. The van der Waals surface area contributed by atoms with Crippen LogP contribution >= 0.6 is 12.4 Å². The number of halogens is 5. The van der Waals surface area contributed by atoms with Gasteiger partial charge in [0.15, 0.2) is 0 Å². The fourth-order valence-corrected chi connectivity index (χ4v) is 2.95. The quantitative estimate of drug-likeness (QED) is 0.766. The van der Waals surface area contributed by atoms with Gasteiger partial charge in [0.1, 0.15) is 5.82 Å². The molecule has 146 valence electrons. The average molecular weight is 398 g/mol.